The van der Waals surface area contributed by atoms with Crippen LogP contribution in [-0.4, -0.2) is 58.4 Å². The number of hydrogen-bond donors (Lipinski definition) is 2. The first-order chi connectivity index (χ1) is 23.5. The van der Waals surface area contributed by atoms with Crippen LogP contribution in [0.4, 0.5) is 11.4 Å². The van der Waals surface area contributed by atoms with E-state index in [0.717, 1.165) is 22.3 Å². The van der Waals surface area contributed by atoms with Gasteiger partial charge < -0.3 is 0 Å². The molecule has 6 amide bonds. The molecule has 14 nitrogen and oxygen atoms in total. The number of nitrogens with one attached hydrogen (secondary N) is 2. The zero-order valence-corrected chi connectivity index (χ0v) is 28.2. The summed E-state index contributed by atoms with van der Waals surface area (Å²) in [6.07, 6.45) is 1.86. The fourth-order valence-electron chi connectivity index (χ4n) is 5.50. The van der Waals surface area contributed by atoms with Crippen molar-refractivity contribution in [3.8, 4) is 0 Å². The number of Topliss-reactive ketones (excluding diaryl/α,β-unsaturated/α-hetero) is 2. The number of benzene rings is 2. The first kappa shape index (κ1) is 35.1. The van der Waals surface area contributed by atoms with Crippen molar-refractivity contribution in [3.63, 3.8) is 0 Å². The molecule has 4 heterocycles. The molecule has 2 aromatic rings. The zero-order valence-electron chi connectivity index (χ0n) is 28.2. The van der Waals surface area contributed by atoms with Gasteiger partial charge in [0.15, 0.2) is 11.6 Å². The summed E-state index contributed by atoms with van der Waals surface area (Å²) < 4.78 is 0. The quantitative estimate of drug-likeness (QED) is 0.280. The summed E-state index contributed by atoms with van der Waals surface area (Å²) in [5.41, 5.74) is 6.70. The Balaban J connectivity index is 0.000000194. The highest BCUT2D eigenvalue weighted by molar-refractivity contribution is 6.32. The molecule has 50 heavy (non-hydrogen) atoms. The van der Waals surface area contributed by atoms with Crippen molar-refractivity contribution < 1.29 is 38.4 Å². The molecule has 0 aliphatic carbocycles. The van der Waals surface area contributed by atoms with Crippen LogP contribution in [0.3, 0.4) is 0 Å². The van der Waals surface area contributed by atoms with Gasteiger partial charge in [0, 0.05) is 0 Å². The van der Waals surface area contributed by atoms with E-state index >= 15 is 0 Å². The summed E-state index contributed by atoms with van der Waals surface area (Å²) in [5, 5.41) is 15.2. The average Bonchev–Trinajstić information content (AvgIpc) is 3.48. The fourth-order valence-corrected chi connectivity index (χ4v) is 5.50. The van der Waals surface area contributed by atoms with Gasteiger partial charge in [-0.05, 0) is 100 Å². The standard InChI is InChI=1S/2C18H17N3O4/c2*1-9-4-5-12(6-10(9)2)21-18(25)13(11(3)20-21)7-14-15(22)8-16(23)19-17(14)24/h2*4-7,14H,8H2,1-3H3,(H,19,23,24)/b2*13-7+. The van der Waals surface area contributed by atoms with Gasteiger partial charge in [-0.15, -0.1) is 0 Å². The monoisotopic (exact) mass is 678 g/mol. The van der Waals surface area contributed by atoms with Crippen LogP contribution in [0, 0.1) is 39.5 Å². The van der Waals surface area contributed by atoms with Gasteiger partial charge >= 0.3 is 0 Å². The highest BCUT2D eigenvalue weighted by atomic mass is 16.2. The van der Waals surface area contributed by atoms with Gasteiger partial charge in [0.2, 0.25) is 23.6 Å². The molecule has 0 spiro atoms. The van der Waals surface area contributed by atoms with Crippen molar-refractivity contribution in [2.24, 2.45) is 22.0 Å². The highest BCUT2D eigenvalue weighted by Gasteiger charge is 2.38. The molecule has 6 rings (SSSR count). The summed E-state index contributed by atoms with van der Waals surface area (Å²) in [6, 6.07) is 11.1. The van der Waals surface area contributed by atoms with E-state index in [1.54, 1.807) is 26.0 Å². The molecule has 0 bridgehead atoms. The van der Waals surface area contributed by atoms with Crippen molar-refractivity contribution in [2.75, 3.05) is 10.0 Å². The summed E-state index contributed by atoms with van der Waals surface area (Å²) in [6.45, 7) is 11.1. The lowest BCUT2D eigenvalue weighted by molar-refractivity contribution is -0.144. The van der Waals surface area contributed by atoms with E-state index in [1.807, 2.05) is 52.0 Å². The smallest absolute Gasteiger partial charge is 0.280 e. The number of ketones is 2. The first-order valence-electron chi connectivity index (χ1n) is 15.7. The number of nitrogens with zero attached hydrogens (tertiary/aromatic N) is 4. The molecule has 0 saturated carbocycles. The lowest BCUT2D eigenvalue weighted by Gasteiger charge is -2.17. The Hall–Kier alpha value is -6.18. The number of imide groups is 2. The predicted octanol–water partition coefficient (Wildman–Crippen LogP) is 2.37. The topological polar surface area (TPSA) is 192 Å². The Morgan fingerprint density at radius 3 is 1.24 bits per heavy atom. The van der Waals surface area contributed by atoms with Gasteiger partial charge in [0.1, 0.15) is 11.8 Å². The van der Waals surface area contributed by atoms with E-state index < -0.39 is 58.8 Å². The summed E-state index contributed by atoms with van der Waals surface area (Å²) in [5.74, 6) is -6.82. The number of piperidine rings is 2. The maximum Gasteiger partial charge on any atom is 0.280 e. The van der Waals surface area contributed by atoms with Crippen LogP contribution in [0.2, 0.25) is 0 Å². The molecule has 2 atom stereocenters. The molecule has 14 heteroatoms. The normalized spacial score (nSPS) is 22.5. The molecule has 2 fully saturated rings. The summed E-state index contributed by atoms with van der Waals surface area (Å²) in [4.78, 5) is 95.5. The van der Waals surface area contributed by atoms with Crippen LogP contribution >= 0.6 is 0 Å². The third-order valence-corrected chi connectivity index (χ3v) is 8.72. The maximum atomic E-state index is 12.7. The summed E-state index contributed by atoms with van der Waals surface area (Å²) >= 11 is 0. The van der Waals surface area contributed by atoms with Crippen LogP contribution in [0.5, 0.6) is 0 Å². The Morgan fingerprint density at radius 1 is 0.560 bits per heavy atom. The average molecular weight is 679 g/mol. The Labute approximate surface area is 286 Å². The lowest BCUT2D eigenvalue weighted by atomic mass is 9.93. The Kier molecular flexibility index (Phi) is 9.66. The predicted molar refractivity (Wildman–Crippen MR) is 182 cm³/mol. The molecular formula is C36H34N6O8. The van der Waals surface area contributed by atoms with Crippen LogP contribution in [0.15, 0.2) is 69.9 Å². The van der Waals surface area contributed by atoms with E-state index in [2.05, 4.69) is 20.8 Å². The SMILES string of the molecule is CC1=NN(c2ccc(C)c(C)c2)C(=O)/C1=C/C1C(=O)CC(=O)NC1=O.CC1=NN(c2ccc(C)c(C)c2)C(=O)/C1=C/C1C(=O)CC(=O)NC1=O. The number of carbonyl (C=O) groups is 8. The van der Waals surface area contributed by atoms with Crippen molar-refractivity contribution in [2.45, 2.75) is 54.4 Å². The number of amides is 6. The molecular weight excluding hydrogens is 644 g/mol. The Bertz CT molecular complexity index is 1870. The first-order valence-corrected chi connectivity index (χ1v) is 15.7. The number of carbonyl (C=O) groups excluding carboxylic acids is 8. The minimum Gasteiger partial charge on any atom is -0.298 e. The van der Waals surface area contributed by atoms with E-state index in [4.69, 9.17) is 0 Å². The molecule has 0 aromatic heterocycles. The lowest BCUT2D eigenvalue weighted by Crippen LogP contribution is -2.45. The molecule has 4 aliphatic heterocycles. The van der Waals surface area contributed by atoms with Crippen molar-refractivity contribution in [1.29, 1.82) is 0 Å². The molecule has 2 aromatic carbocycles. The van der Waals surface area contributed by atoms with Crippen molar-refractivity contribution >= 4 is 69.8 Å². The van der Waals surface area contributed by atoms with Gasteiger partial charge in [0.25, 0.3) is 11.8 Å². The third-order valence-electron chi connectivity index (χ3n) is 8.72. The number of anilines is 2. The second kappa shape index (κ2) is 13.7. The molecule has 2 saturated heterocycles. The van der Waals surface area contributed by atoms with E-state index in [1.165, 1.54) is 22.2 Å². The third kappa shape index (κ3) is 6.99. The number of rotatable bonds is 4. The van der Waals surface area contributed by atoms with Crippen molar-refractivity contribution in [3.05, 3.63) is 82.0 Å². The van der Waals surface area contributed by atoms with Crippen LogP contribution in [-0.2, 0) is 38.4 Å². The second-order valence-electron chi connectivity index (χ2n) is 12.4. The summed E-state index contributed by atoms with van der Waals surface area (Å²) in [7, 11) is 0. The molecule has 4 aliphatic rings. The van der Waals surface area contributed by atoms with Crippen LogP contribution < -0.4 is 20.7 Å². The number of aryl methyl sites for hydroxylation is 4. The second-order valence-corrected chi connectivity index (χ2v) is 12.4. The Morgan fingerprint density at radius 2 is 0.920 bits per heavy atom. The van der Waals surface area contributed by atoms with Gasteiger partial charge in [-0.1, -0.05) is 12.1 Å². The fraction of sp³-hybridized carbons (Fsp3) is 0.278. The minimum absolute atomic E-state index is 0.195. The molecule has 2 unspecified atom stereocenters. The zero-order chi connectivity index (χ0) is 36.6. The number of hydrazone groups is 2. The van der Waals surface area contributed by atoms with Gasteiger partial charge in [-0.3, -0.25) is 49.0 Å². The van der Waals surface area contributed by atoms with Crippen LogP contribution in [0.1, 0.15) is 48.9 Å². The van der Waals surface area contributed by atoms with Crippen LogP contribution in [0.25, 0.3) is 0 Å². The van der Waals surface area contributed by atoms with E-state index in [-0.39, 0.29) is 24.0 Å². The largest absolute Gasteiger partial charge is 0.298 e. The van der Waals surface area contributed by atoms with E-state index in [9.17, 15) is 38.4 Å². The highest BCUT2D eigenvalue weighted by Crippen LogP contribution is 2.28. The molecule has 0 radical (unpaired) electrons. The van der Waals surface area contributed by atoms with Gasteiger partial charge in [-0.2, -0.15) is 20.2 Å². The maximum absolute atomic E-state index is 12.7. The van der Waals surface area contributed by atoms with E-state index in [0.29, 0.717) is 22.8 Å². The minimum atomic E-state index is -1.15. The molecule has 2 N–H and O–H groups in total. The molecule has 256 valence electrons. The van der Waals surface area contributed by atoms with Gasteiger partial charge in [0.05, 0.1) is 46.8 Å². The van der Waals surface area contributed by atoms with Crippen molar-refractivity contribution in [1.82, 2.24) is 10.6 Å². The number of hydrogen-bond acceptors (Lipinski definition) is 10. The van der Waals surface area contributed by atoms with Gasteiger partial charge in [-0.25, -0.2) is 0 Å².